The maximum Gasteiger partial charge on any atom is 0.311 e. The number of hydrogen-bond donors (Lipinski definition) is 1. The van der Waals surface area contributed by atoms with Crippen molar-refractivity contribution in [1.29, 1.82) is 0 Å². The molecule has 0 aliphatic heterocycles. The van der Waals surface area contributed by atoms with Crippen molar-refractivity contribution < 1.29 is 14.5 Å². The summed E-state index contributed by atoms with van der Waals surface area (Å²) in [5, 5.41) is 14.6. The molecule has 0 bridgehead atoms. The van der Waals surface area contributed by atoms with Gasteiger partial charge in [-0.15, -0.1) is 0 Å². The molecule has 0 saturated heterocycles. The highest BCUT2D eigenvalue weighted by Gasteiger charge is 2.17. The molecule has 1 N–H and O–H groups in total. The summed E-state index contributed by atoms with van der Waals surface area (Å²) >= 11 is 11.8. The van der Waals surface area contributed by atoms with E-state index in [0.29, 0.717) is 10.0 Å². The van der Waals surface area contributed by atoms with Gasteiger partial charge in [0.15, 0.2) is 12.4 Å². The van der Waals surface area contributed by atoms with E-state index in [0.717, 1.165) is 11.1 Å². The summed E-state index contributed by atoms with van der Waals surface area (Å²) in [6.45, 7) is 3.18. The number of carbonyl (C=O) groups is 1. The fraction of sp³-hybridized carbons (Fsp3) is 0.235. The van der Waals surface area contributed by atoms with Crippen molar-refractivity contribution in [2.45, 2.75) is 19.9 Å². The zero-order valence-corrected chi connectivity index (χ0v) is 15.1. The van der Waals surface area contributed by atoms with E-state index in [4.69, 9.17) is 27.9 Å². The van der Waals surface area contributed by atoms with Crippen molar-refractivity contribution in [2.75, 3.05) is 6.61 Å². The topological polar surface area (TPSA) is 81.5 Å². The first-order valence-electron chi connectivity index (χ1n) is 7.40. The van der Waals surface area contributed by atoms with Crippen LogP contribution in [0.2, 0.25) is 10.0 Å². The summed E-state index contributed by atoms with van der Waals surface area (Å²) in [7, 11) is 0. The third-order valence-electron chi connectivity index (χ3n) is 3.49. The van der Waals surface area contributed by atoms with Crippen LogP contribution in [0.15, 0.2) is 36.4 Å². The number of rotatable bonds is 6. The molecule has 2 aromatic rings. The minimum Gasteiger partial charge on any atom is -0.477 e. The van der Waals surface area contributed by atoms with Gasteiger partial charge in [-0.05, 0) is 43.2 Å². The Hall–Kier alpha value is -2.31. The van der Waals surface area contributed by atoms with E-state index in [1.54, 1.807) is 38.1 Å². The maximum absolute atomic E-state index is 12.0. The number of nitro benzene ring substituents is 1. The normalized spacial score (nSPS) is 11.7. The van der Waals surface area contributed by atoms with E-state index in [-0.39, 0.29) is 24.1 Å². The highest BCUT2D eigenvalue weighted by molar-refractivity contribution is 6.42. The molecule has 6 nitrogen and oxygen atoms in total. The molecule has 2 rings (SSSR count). The van der Waals surface area contributed by atoms with Crippen LogP contribution in [0.1, 0.15) is 24.1 Å². The van der Waals surface area contributed by atoms with Gasteiger partial charge in [-0.3, -0.25) is 14.9 Å². The Morgan fingerprint density at radius 2 is 1.96 bits per heavy atom. The second kappa shape index (κ2) is 8.18. The number of ether oxygens (including phenoxy) is 1. The number of benzene rings is 2. The molecule has 2 aromatic carbocycles. The minimum atomic E-state index is -0.543. The van der Waals surface area contributed by atoms with Crippen LogP contribution in [0.4, 0.5) is 5.69 Å². The van der Waals surface area contributed by atoms with Gasteiger partial charge in [0.25, 0.3) is 5.91 Å². The first-order valence-corrected chi connectivity index (χ1v) is 8.15. The van der Waals surface area contributed by atoms with Crippen molar-refractivity contribution >= 4 is 34.8 Å². The van der Waals surface area contributed by atoms with Gasteiger partial charge < -0.3 is 10.1 Å². The van der Waals surface area contributed by atoms with E-state index in [1.165, 1.54) is 12.1 Å². The van der Waals surface area contributed by atoms with Crippen LogP contribution in [0.3, 0.4) is 0 Å². The Morgan fingerprint density at radius 3 is 2.60 bits per heavy atom. The molecule has 0 radical (unpaired) electrons. The van der Waals surface area contributed by atoms with Crippen molar-refractivity contribution in [3.63, 3.8) is 0 Å². The molecule has 25 heavy (non-hydrogen) atoms. The fourth-order valence-corrected chi connectivity index (χ4v) is 2.49. The lowest BCUT2D eigenvalue weighted by Gasteiger charge is -2.15. The fourth-order valence-electron chi connectivity index (χ4n) is 2.18. The van der Waals surface area contributed by atoms with Gasteiger partial charge in [-0.25, -0.2) is 0 Å². The molecular weight excluding hydrogens is 367 g/mol. The number of aryl methyl sites for hydroxylation is 1. The van der Waals surface area contributed by atoms with Crippen LogP contribution in [-0.2, 0) is 4.79 Å². The summed E-state index contributed by atoms with van der Waals surface area (Å²) in [6.07, 6.45) is 0. The summed E-state index contributed by atoms with van der Waals surface area (Å²) in [5.41, 5.74) is 1.34. The van der Waals surface area contributed by atoms with E-state index in [1.807, 2.05) is 0 Å². The highest BCUT2D eigenvalue weighted by atomic mass is 35.5. The molecule has 1 amide bonds. The Bertz CT molecular complexity index is 811. The van der Waals surface area contributed by atoms with Gasteiger partial charge in [-0.2, -0.15) is 0 Å². The number of nitrogens with one attached hydrogen (secondary N) is 1. The summed E-state index contributed by atoms with van der Waals surface area (Å²) < 4.78 is 5.29. The van der Waals surface area contributed by atoms with Gasteiger partial charge in [0, 0.05) is 6.07 Å². The van der Waals surface area contributed by atoms with E-state index < -0.39 is 10.8 Å². The molecule has 0 spiro atoms. The van der Waals surface area contributed by atoms with E-state index in [2.05, 4.69) is 5.32 Å². The Labute approximate surface area is 154 Å². The van der Waals surface area contributed by atoms with Crippen LogP contribution >= 0.6 is 23.2 Å². The summed E-state index contributed by atoms with van der Waals surface area (Å²) in [4.78, 5) is 22.5. The number of nitro groups is 1. The first-order chi connectivity index (χ1) is 11.8. The molecule has 8 heteroatoms. The van der Waals surface area contributed by atoms with E-state index in [9.17, 15) is 14.9 Å². The summed E-state index contributed by atoms with van der Waals surface area (Å²) in [5.74, 6) is -0.360. The lowest BCUT2D eigenvalue weighted by Crippen LogP contribution is -2.31. The molecule has 0 aromatic heterocycles. The average Bonchev–Trinajstić information content (AvgIpc) is 2.55. The number of amides is 1. The second-order valence-corrected chi connectivity index (χ2v) is 6.29. The first kappa shape index (κ1) is 19.0. The molecule has 0 heterocycles. The van der Waals surface area contributed by atoms with Crippen molar-refractivity contribution in [3.05, 3.63) is 67.7 Å². The number of halogens is 2. The molecular formula is C17H16Cl2N2O4. The largest absolute Gasteiger partial charge is 0.477 e. The quantitative estimate of drug-likeness (QED) is 0.590. The average molecular weight is 383 g/mol. The van der Waals surface area contributed by atoms with Gasteiger partial charge in [-0.1, -0.05) is 35.3 Å². The van der Waals surface area contributed by atoms with Crippen LogP contribution in [0.25, 0.3) is 0 Å². The Kier molecular flexibility index (Phi) is 6.22. The maximum atomic E-state index is 12.0. The van der Waals surface area contributed by atoms with Crippen LogP contribution in [-0.4, -0.2) is 17.4 Å². The van der Waals surface area contributed by atoms with Crippen molar-refractivity contribution in [3.8, 4) is 5.75 Å². The predicted octanol–water partition coefficient (Wildman–Crippen LogP) is 4.47. The highest BCUT2D eigenvalue weighted by Crippen LogP contribution is 2.28. The molecule has 0 aliphatic rings. The second-order valence-electron chi connectivity index (χ2n) is 5.48. The number of hydrogen-bond acceptors (Lipinski definition) is 4. The van der Waals surface area contributed by atoms with Gasteiger partial charge in [0.1, 0.15) is 0 Å². The Morgan fingerprint density at radius 1 is 1.24 bits per heavy atom. The lowest BCUT2D eigenvalue weighted by molar-refractivity contribution is -0.385. The minimum absolute atomic E-state index is 0.0490. The third-order valence-corrected chi connectivity index (χ3v) is 4.23. The lowest BCUT2D eigenvalue weighted by atomic mass is 10.1. The van der Waals surface area contributed by atoms with E-state index >= 15 is 0 Å². The van der Waals surface area contributed by atoms with Crippen molar-refractivity contribution in [1.82, 2.24) is 5.32 Å². The number of nitrogens with zero attached hydrogens (tertiary/aromatic N) is 1. The third kappa shape index (κ3) is 5.08. The molecule has 1 atom stereocenters. The van der Waals surface area contributed by atoms with Crippen LogP contribution < -0.4 is 10.1 Å². The standard InChI is InChI=1S/C17H16Cl2N2O4/c1-10-3-6-16(15(7-10)21(23)24)25-9-17(22)20-11(2)12-4-5-13(18)14(19)8-12/h3-8,11H,9H2,1-2H3,(H,20,22)/t11-/m0/s1. The zero-order chi connectivity index (χ0) is 18.6. The van der Waals surface area contributed by atoms with Crippen LogP contribution in [0.5, 0.6) is 5.75 Å². The summed E-state index contributed by atoms with van der Waals surface area (Å²) in [6, 6.07) is 9.30. The zero-order valence-electron chi connectivity index (χ0n) is 13.6. The molecule has 0 fully saturated rings. The molecule has 132 valence electrons. The molecule has 0 unspecified atom stereocenters. The predicted molar refractivity (Wildman–Crippen MR) is 96.3 cm³/mol. The molecule has 0 saturated carbocycles. The van der Waals surface area contributed by atoms with Crippen molar-refractivity contribution in [2.24, 2.45) is 0 Å². The van der Waals surface area contributed by atoms with Gasteiger partial charge in [0.05, 0.1) is 21.0 Å². The Balaban J connectivity index is 1.99. The van der Waals surface area contributed by atoms with Gasteiger partial charge >= 0.3 is 5.69 Å². The number of carbonyl (C=O) groups excluding carboxylic acids is 1. The van der Waals surface area contributed by atoms with Gasteiger partial charge in [0.2, 0.25) is 0 Å². The SMILES string of the molecule is Cc1ccc(OCC(=O)N[C@@H](C)c2ccc(Cl)c(Cl)c2)c([N+](=O)[O-])c1. The van der Waals surface area contributed by atoms with Crippen LogP contribution in [0, 0.1) is 17.0 Å². The smallest absolute Gasteiger partial charge is 0.311 e. The molecule has 0 aliphatic carbocycles. The monoisotopic (exact) mass is 382 g/mol.